The van der Waals surface area contributed by atoms with Crippen LogP contribution in [0.3, 0.4) is 0 Å². The second-order valence-electron chi connectivity index (χ2n) is 4.63. The van der Waals surface area contributed by atoms with Crippen molar-refractivity contribution in [2.45, 2.75) is 32.9 Å². The minimum atomic E-state index is -4.89. The number of nitrogens with zero attached hydrogens (tertiary/aromatic N) is 2. The van der Waals surface area contributed by atoms with Gasteiger partial charge in [-0.05, 0) is 6.92 Å². The molecule has 0 fully saturated rings. The first-order chi connectivity index (χ1) is 9.48. The molecule has 0 radical (unpaired) electrons. The Balaban J connectivity index is 0.00000242. The summed E-state index contributed by atoms with van der Waals surface area (Å²) < 4.78 is 77.9. The zero-order chi connectivity index (χ0) is 16.0. The van der Waals surface area contributed by atoms with Crippen molar-refractivity contribution in [3.8, 4) is 0 Å². The maximum atomic E-state index is 12.8. The van der Waals surface area contributed by atoms with Gasteiger partial charge in [0.05, 0.1) is 11.8 Å². The number of H-pyrrole nitrogens is 2. The average molecular weight is 337 g/mol. The van der Waals surface area contributed by atoms with E-state index in [0.29, 0.717) is 16.1 Å². The summed E-state index contributed by atoms with van der Waals surface area (Å²) in [4.78, 5) is 0. The van der Waals surface area contributed by atoms with E-state index < -0.39 is 30.4 Å². The first-order valence-electron chi connectivity index (χ1n) is 5.82. The molecule has 0 bridgehead atoms. The number of rotatable bonds is 2. The van der Waals surface area contributed by atoms with E-state index in [0.717, 1.165) is 0 Å². The molecule has 11 heteroatoms. The van der Waals surface area contributed by atoms with Gasteiger partial charge in [-0.15, -0.1) is 19.6 Å². The molecule has 2 N–H and O–H groups in total. The van der Waals surface area contributed by atoms with E-state index in [2.05, 4.69) is 5.10 Å². The zero-order valence-corrected chi connectivity index (χ0v) is 14.0. The van der Waals surface area contributed by atoms with Crippen molar-refractivity contribution in [1.29, 1.82) is 0 Å². The second kappa shape index (κ2) is 6.25. The van der Waals surface area contributed by atoms with Crippen LogP contribution in [0.25, 0.3) is 0 Å². The van der Waals surface area contributed by atoms with Gasteiger partial charge in [0, 0.05) is 13.0 Å². The third kappa shape index (κ3) is 4.05. The third-order valence-corrected chi connectivity index (χ3v) is 2.87. The molecule has 2 aromatic heterocycles. The molecule has 116 valence electrons. The van der Waals surface area contributed by atoms with E-state index in [1.807, 2.05) is 0 Å². The van der Waals surface area contributed by atoms with Crippen molar-refractivity contribution in [2.24, 2.45) is 0 Å². The maximum absolute atomic E-state index is 12.8. The monoisotopic (exact) mass is 337 g/mol. The van der Waals surface area contributed by atoms with Crippen molar-refractivity contribution in [3.63, 3.8) is 0 Å². The molecule has 0 aliphatic rings. The van der Waals surface area contributed by atoms with Crippen LogP contribution in [0.15, 0.2) is 12.1 Å². The molecule has 22 heavy (non-hydrogen) atoms. The number of aryl methyl sites for hydroxylation is 2. The summed E-state index contributed by atoms with van der Waals surface area (Å²) in [6.07, 6.45) is -9.77. The average Bonchev–Trinajstić information content (AvgIpc) is 2.82. The van der Waals surface area contributed by atoms with Gasteiger partial charge < -0.3 is 0 Å². The number of aromatic nitrogens is 4. The van der Waals surface area contributed by atoms with Gasteiger partial charge in [-0.25, -0.2) is 0 Å². The molecule has 0 aliphatic carbocycles. The molecule has 0 saturated heterocycles. The van der Waals surface area contributed by atoms with E-state index >= 15 is 0 Å². The van der Waals surface area contributed by atoms with Gasteiger partial charge in [-0.3, -0.25) is 0 Å². The minimum absolute atomic E-state index is 0. The Morgan fingerprint density at radius 2 is 1.50 bits per heavy atom. The Labute approximate surface area is 143 Å². The summed E-state index contributed by atoms with van der Waals surface area (Å²) in [7, 11) is 0. The van der Waals surface area contributed by atoms with Crippen molar-refractivity contribution in [2.75, 3.05) is 0 Å². The van der Waals surface area contributed by atoms with Crippen LogP contribution in [0.5, 0.6) is 0 Å². The summed E-state index contributed by atoms with van der Waals surface area (Å²) in [6.45, 7) is 2.88. The number of hydrogen-bond donors (Lipinski definition) is 0. The number of hydrogen-bond acceptors (Lipinski definition) is 0. The fourth-order valence-electron chi connectivity index (χ4n) is 1.96. The molecular formula is C11H12F6N4Na+3. The largest absolute Gasteiger partial charge is 1.00 e. The smallest absolute Gasteiger partial charge is 0.164 e. The van der Waals surface area contributed by atoms with Gasteiger partial charge in [0.2, 0.25) is 12.4 Å². The molecule has 0 unspecified atom stereocenters. The van der Waals surface area contributed by atoms with Crippen molar-refractivity contribution < 1.29 is 66.1 Å². The fourth-order valence-corrected chi connectivity index (χ4v) is 1.96. The summed E-state index contributed by atoms with van der Waals surface area (Å²) in [5.41, 5.74) is -1.56. The van der Waals surface area contributed by atoms with E-state index in [9.17, 15) is 26.3 Å². The molecule has 0 aliphatic heterocycles. The van der Waals surface area contributed by atoms with Crippen molar-refractivity contribution >= 4 is 0 Å². The molecular weight excluding hydrogens is 325 g/mol. The fraction of sp³-hybridized carbons (Fsp3) is 0.455. The van der Waals surface area contributed by atoms with E-state index in [-0.39, 0.29) is 35.6 Å². The number of halogens is 6. The Morgan fingerprint density at radius 1 is 0.909 bits per heavy atom. The number of aromatic amines is 2. The SMILES string of the molecule is Cc1cc(C)n(Cn2[nH+]c(C(F)(F)F)cc2C(F)(F)F)[nH+]1.[Na+]. The molecule has 2 aromatic rings. The molecule has 0 amide bonds. The molecule has 2 heterocycles. The normalized spacial score (nSPS) is 12.4. The summed E-state index contributed by atoms with van der Waals surface area (Å²) >= 11 is 0. The Bertz CT molecular complexity index is 655. The molecule has 0 saturated carbocycles. The standard InChI is InChI=1S/C11H10F6N4.Na/c1-6-3-7(2)20(18-6)5-21-9(11(15,16)17)4-8(19-21)10(12,13)14;/h3-4H,5H2,1-2H3;/q;+1/p+2. The zero-order valence-electron chi connectivity index (χ0n) is 12.0. The van der Waals surface area contributed by atoms with Crippen molar-refractivity contribution in [1.82, 2.24) is 9.36 Å². The van der Waals surface area contributed by atoms with E-state index in [4.69, 9.17) is 0 Å². The van der Waals surface area contributed by atoms with Gasteiger partial charge in [0.1, 0.15) is 0 Å². The van der Waals surface area contributed by atoms with Crippen LogP contribution in [0, 0.1) is 13.8 Å². The summed E-state index contributed by atoms with van der Waals surface area (Å²) in [5, 5.41) is 4.49. The Hall–Kier alpha value is -1.00. The Kier molecular flexibility index (Phi) is 5.41. The summed E-state index contributed by atoms with van der Waals surface area (Å²) in [6, 6.07) is 1.73. The Morgan fingerprint density at radius 3 is 1.91 bits per heavy atom. The quantitative estimate of drug-likeness (QED) is 0.502. The van der Waals surface area contributed by atoms with Crippen LogP contribution < -0.4 is 39.8 Å². The van der Waals surface area contributed by atoms with Crippen LogP contribution in [-0.4, -0.2) is 9.36 Å². The molecule has 2 rings (SSSR count). The van der Waals surface area contributed by atoms with Gasteiger partial charge >= 0.3 is 47.6 Å². The molecule has 4 nitrogen and oxygen atoms in total. The first-order valence-corrected chi connectivity index (χ1v) is 5.82. The second-order valence-corrected chi connectivity index (χ2v) is 4.63. The van der Waals surface area contributed by atoms with E-state index in [1.165, 1.54) is 4.68 Å². The van der Waals surface area contributed by atoms with Crippen molar-refractivity contribution in [3.05, 3.63) is 34.9 Å². The number of nitrogens with one attached hydrogen (secondary N) is 2. The van der Waals surface area contributed by atoms with Crippen LogP contribution >= 0.6 is 0 Å². The maximum Gasteiger partial charge on any atom is 1.00 e. The number of alkyl halides is 6. The molecule has 0 aromatic carbocycles. The predicted octanol–water partition coefficient (Wildman–Crippen LogP) is -0.918. The molecule has 0 spiro atoms. The van der Waals surface area contributed by atoms with Gasteiger partial charge in [0.25, 0.3) is 0 Å². The molecule has 0 atom stereocenters. The topological polar surface area (TPSA) is 38.1 Å². The van der Waals surface area contributed by atoms with Crippen LogP contribution in [0.2, 0.25) is 0 Å². The first kappa shape index (κ1) is 19.0. The third-order valence-electron chi connectivity index (χ3n) is 2.87. The van der Waals surface area contributed by atoms with Gasteiger partial charge in [-0.2, -0.15) is 26.3 Å². The minimum Gasteiger partial charge on any atom is -0.164 e. The van der Waals surface area contributed by atoms with Gasteiger partial charge in [-0.1, -0.05) is 0 Å². The summed E-state index contributed by atoms with van der Waals surface area (Å²) in [5.74, 6) is 0. The van der Waals surface area contributed by atoms with Gasteiger partial charge in [0.15, 0.2) is 5.69 Å². The van der Waals surface area contributed by atoms with Crippen LogP contribution in [0.4, 0.5) is 26.3 Å². The van der Waals surface area contributed by atoms with Crippen LogP contribution in [0.1, 0.15) is 22.8 Å². The van der Waals surface area contributed by atoms with E-state index in [1.54, 1.807) is 25.0 Å². The predicted molar refractivity (Wildman–Crippen MR) is 56.9 cm³/mol. The van der Waals surface area contributed by atoms with Crippen LogP contribution in [-0.2, 0) is 19.0 Å².